The Balaban J connectivity index is 1.80. The highest BCUT2D eigenvalue weighted by molar-refractivity contribution is 5.82. The number of benzene rings is 1. The normalized spacial score (nSPS) is 12.7. The van der Waals surface area contributed by atoms with Gasteiger partial charge in [0.2, 0.25) is 0 Å². The zero-order valence-corrected chi connectivity index (χ0v) is 11.4. The molecule has 0 aliphatic heterocycles. The van der Waals surface area contributed by atoms with Crippen LogP contribution >= 0.6 is 0 Å². The first-order chi connectivity index (χ1) is 9.74. The van der Waals surface area contributed by atoms with E-state index < -0.39 is 6.10 Å². The highest BCUT2D eigenvalue weighted by Gasteiger charge is 2.12. The van der Waals surface area contributed by atoms with E-state index in [4.69, 9.17) is 0 Å². The SMILES string of the molecule is Cn1cc(CCC(O)c2ccnc3ccccc23)cn1. The number of para-hydroxylation sites is 1. The maximum absolute atomic E-state index is 10.4. The van der Waals surface area contributed by atoms with Gasteiger partial charge in [-0.15, -0.1) is 0 Å². The van der Waals surface area contributed by atoms with E-state index >= 15 is 0 Å². The van der Waals surface area contributed by atoms with E-state index in [-0.39, 0.29) is 0 Å². The van der Waals surface area contributed by atoms with Crippen LogP contribution in [-0.2, 0) is 13.5 Å². The summed E-state index contributed by atoms with van der Waals surface area (Å²) in [6.07, 6.45) is 6.59. The number of hydrogen-bond donors (Lipinski definition) is 1. The Morgan fingerprint density at radius 3 is 2.90 bits per heavy atom. The molecule has 3 rings (SSSR count). The quantitative estimate of drug-likeness (QED) is 0.790. The summed E-state index contributed by atoms with van der Waals surface area (Å²) < 4.78 is 1.78. The first kappa shape index (κ1) is 12.8. The smallest absolute Gasteiger partial charge is 0.0800 e. The van der Waals surface area contributed by atoms with Crippen LogP contribution in [0, 0.1) is 0 Å². The van der Waals surface area contributed by atoms with Gasteiger partial charge in [0.1, 0.15) is 0 Å². The van der Waals surface area contributed by atoms with E-state index in [0.29, 0.717) is 6.42 Å². The summed E-state index contributed by atoms with van der Waals surface area (Å²) in [7, 11) is 1.90. The molecule has 0 saturated carbocycles. The van der Waals surface area contributed by atoms with Crippen LogP contribution in [-0.4, -0.2) is 19.9 Å². The molecule has 0 aliphatic rings. The Morgan fingerprint density at radius 2 is 2.10 bits per heavy atom. The number of rotatable bonds is 4. The highest BCUT2D eigenvalue weighted by Crippen LogP contribution is 2.25. The Bertz CT molecular complexity index is 715. The number of hydrogen-bond acceptors (Lipinski definition) is 3. The van der Waals surface area contributed by atoms with Crippen molar-refractivity contribution in [2.24, 2.45) is 7.05 Å². The molecule has 0 saturated heterocycles. The van der Waals surface area contributed by atoms with Gasteiger partial charge in [0, 0.05) is 24.8 Å². The monoisotopic (exact) mass is 267 g/mol. The lowest BCUT2D eigenvalue weighted by atomic mass is 9.99. The molecule has 0 amide bonds. The third-order valence-corrected chi connectivity index (χ3v) is 3.51. The molecule has 1 aromatic carbocycles. The van der Waals surface area contributed by atoms with Crippen LogP contribution in [0.25, 0.3) is 10.9 Å². The van der Waals surface area contributed by atoms with Crippen LogP contribution < -0.4 is 0 Å². The minimum absolute atomic E-state index is 0.483. The van der Waals surface area contributed by atoms with E-state index in [0.717, 1.165) is 28.5 Å². The summed E-state index contributed by atoms with van der Waals surface area (Å²) in [5, 5.41) is 15.6. The lowest BCUT2D eigenvalue weighted by molar-refractivity contribution is 0.169. The van der Waals surface area contributed by atoms with Gasteiger partial charge in [-0.05, 0) is 36.1 Å². The molecule has 2 heterocycles. The number of fused-ring (bicyclic) bond motifs is 1. The zero-order valence-electron chi connectivity index (χ0n) is 11.4. The fraction of sp³-hybridized carbons (Fsp3) is 0.250. The number of nitrogens with zero attached hydrogens (tertiary/aromatic N) is 3. The summed E-state index contributed by atoms with van der Waals surface area (Å²) in [5.41, 5.74) is 3.01. The third kappa shape index (κ3) is 2.56. The van der Waals surface area contributed by atoms with E-state index in [9.17, 15) is 5.11 Å². The predicted octanol–water partition coefficient (Wildman–Crippen LogP) is 2.63. The maximum atomic E-state index is 10.4. The average molecular weight is 267 g/mol. The summed E-state index contributed by atoms with van der Waals surface area (Å²) in [6.45, 7) is 0. The molecule has 0 fully saturated rings. The van der Waals surface area contributed by atoms with Crippen LogP contribution in [0.4, 0.5) is 0 Å². The van der Waals surface area contributed by atoms with E-state index in [1.807, 2.05) is 49.8 Å². The zero-order chi connectivity index (χ0) is 13.9. The lowest BCUT2D eigenvalue weighted by Gasteiger charge is -2.12. The molecule has 3 aromatic rings. The minimum atomic E-state index is -0.483. The van der Waals surface area contributed by atoms with Crippen LogP contribution in [0.2, 0.25) is 0 Å². The van der Waals surface area contributed by atoms with Crippen molar-refractivity contribution in [3.8, 4) is 0 Å². The molecule has 4 heteroatoms. The molecule has 0 radical (unpaired) electrons. The lowest BCUT2D eigenvalue weighted by Crippen LogP contribution is -2.01. The first-order valence-electron chi connectivity index (χ1n) is 6.73. The van der Waals surface area contributed by atoms with Gasteiger partial charge in [0.15, 0.2) is 0 Å². The minimum Gasteiger partial charge on any atom is -0.388 e. The molecule has 0 bridgehead atoms. The molecule has 1 unspecified atom stereocenters. The number of aliphatic hydroxyl groups excluding tert-OH is 1. The van der Waals surface area contributed by atoms with Crippen LogP contribution in [0.15, 0.2) is 48.9 Å². The van der Waals surface area contributed by atoms with Gasteiger partial charge >= 0.3 is 0 Å². The van der Waals surface area contributed by atoms with Gasteiger partial charge < -0.3 is 5.11 Å². The Hall–Kier alpha value is -2.20. The van der Waals surface area contributed by atoms with E-state index in [1.54, 1.807) is 10.9 Å². The molecule has 20 heavy (non-hydrogen) atoms. The van der Waals surface area contributed by atoms with Crippen LogP contribution in [0.1, 0.15) is 23.7 Å². The van der Waals surface area contributed by atoms with Crippen molar-refractivity contribution < 1.29 is 5.11 Å². The Morgan fingerprint density at radius 1 is 1.25 bits per heavy atom. The molecular weight excluding hydrogens is 250 g/mol. The van der Waals surface area contributed by atoms with Gasteiger partial charge in [-0.2, -0.15) is 5.10 Å². The second-order valence-corrected chi connectivity index (χ2v) is 4.99. The predicted molar refractivity (Wildman–Crippen MR) is 78.2 cm³/mol. The van der Waals surface area contributed by atoms with Crippen molar-refractivity contribution >= 4 is 10.9 Å². The highest BCUT2D eigenvalue weighted by atomic mass is 16.3. The summed E-state index contributed by atoms with van der Waals surface area (Å²) in [6, 6.07) is 9.80. The average Bonchev–Trinajstić information content (AvgIpc) is 2.90. The second kappa shape index (κ2) is 5.43. The van der Waals surface area contributed by atoms with E-state index in [1.165, 1.54) is 0 Å². The molecule has 0 spiro atoms. The summed E-state index contributed by atoms with van der Waals surface area (Å²) >= 11 is 0. The van der Waals surface area contributed by atoms with Crippen molar-refractivity contribution in [3.05, 3.63) is 60.0 Å². The van der Waals surface area contributed by atoms with Crippen molar-refractivity contribution in [2.75, 3.05) is 0 Å². The van der Waals surface area contributed by atoms with Crippen LogP contribution in [0.5, 0.6) is 0 Å². The number of aliphatic hydroxyl groups is 1. The molecule has 1 atom stereocenters. The molecule has 2 aromatic heterocycles. The molecule has 0 aliphatic carbocycles. The molecular formula is C16H17N3O. The number of pyridine rings is 1. The Labute approximate surface area is 117 Å². The van der Waals surface area contributed by atoms with Crippen molar-refractivity contribution in [2.45, 2.75) is 18.9 Å². The molecule has 4 nitrogen and oxygen atoms in total. The maximum Gasteiger partial charge on any atom is 0.0800 e. The number of aryl methyl sites for hydroxylation is 2. The van der Waals surface area contributed by atoms with Crippen molar-refractivity contribution in [3.63, 3.8) is 0 Å². The van der Waals surface area contributed by atoms with Gasteiger partial charge in [0.25, 0.3) is 0 Å². The van der Waals surface area contributed by atoms with Gasteiger partial charge in [-0.1, -0.05) is 18.2 Å². The fourth-order valence-corrected chi connectivity index (χ4v) is 2.47. The first-order valence-corrected chi connectivity index (χ1v) is 6.73. The van der Waals surface area contributed by atoms with Gasteiger partial charge in [-0.25, -0.2) is 0 Å². The standard InChI is InChI=1S/C16H17N3O/c1-19-11-12(10-18-19)6-7-16(20)14-8-9-17-15-5-3-2-4-13(14)15/h2-5,8-11,16,20H,6-7H2,1H3. The summed E-state index contributed by atoms with van der Waals surface area (Å²) in [5.74, 6) is 0. The van der Waals surface area contributed by atoms with Crippen molar-refractivity contribution in [1.82, 2.24) is 14.8 Å². The van der Waals surface area contributed by atoms with Crippen molar-refractivity contribution in [1.29, 1.82) is 0 Å². The Kier molecular flexibility index (Phi) is 3.48. The summed E-state index contributed by atoms with van der Waals surface area (Å²) in [4.78, 5) is 4.32. The topological polar surface area (TPSA) is 50.9 Å². The fourth-order valence-electron chi connectivity index (χ4n) is 2.47. The largest absolute Gasteiger partial charge is 0.388 e. The molecule has 102 valence electrons. The van der Waals surface area contributed by atoms with Gasteiger partial charge in [-0.3, -0.25) is 9.67 Å². The van der Waals surface area contributed by atoms with Crippen LogP contribution in [0.3, 0.4) is 0 Å². The van der Waals surface area contributed by atoms with Gasteiger partial charge in [0.05, 0.1) is 17.8 Å². The third-order valence-electron chi connectivity index (χ3n) is 3.51. The number of aromatic nitrogens is 3. The second-order valence-electron chi connectivity index (χ2n) is 4.99. The van der Waals surface area contributed by atoms with E-state index in [2.05, 4.69) is 10.1 Å². The molecule has 1 N–H and O–H groups in total.